The second kappa shape index (κ2) is 5.57. The molecule has 1 atom stereocenters. The Morgan fingerprint density at radius 1 is 0.950 bits per heavy atom. The molecule has 3 rings (SSSR count). The van der Waals surface area contributed by atoms with Crippen LogP contribution < -0.4 is 0 Å². The van der Waals surface area contributed by atoms with Gasteiger partial charge in [0.15, 0.2) is 0 Å². The third-order valence-electron chi connectivity index (χ3n) is 3.21. The van der Waals surface area contributed by atoms with Gasteiger partial charge in [0.05, 0.1) is 5.69 Å². The zero-order valence-corrected chi connectivity index (χ0v) is 12.0. The highest BCUT2D eigenvalue weighted by atomic mass is 32.1. The fourth-order valence-electron chi connectivity index (χ4n) is 2.18. The molecule has 2 aromatic carbocycles. The van der Waals surface area contributed by atoms with Crippen molar-refractivity contribution in [1.29, 1.82) is 0 Å². The highest BCUT2D eigenvalue weighted by Gasteiger charge is 2.17. The van der Waals surface area contributed by atoms with Crippen LogP contribution in [0.2, 0.25) is 0 Å². The Morgan fingerprint density at radius 2 is 1.55 bits per heavy atom. The third-order valence-corrected chi connectivity index (χ3v) is 4.23. The Morgan fingerprint density at radius 3 is 2.20 bits per heavy atom. The van der Waals surface area contributed by atoms with Crippen LogP contribution in [0, 0.1) is 6.92 Å². The van der Waals surface area contributed by atoms with Gasteiger partial charge in [0.2, 0.25) is 0 Å². The summed E-state index contributed by atoms with van der Waals surface area (Å²) in [6.07, 6.45) is -0.655. The number of nitrogens with zero attached hydrogens (tertiary/aromatic N) is 1. The maximum Gasteiger partial charge on any atom is 0.131 e. The van der Waals surface area contributed by atoms with E-state index in [1.165, 1.54) is 0 Å². The van der Waals surface area contributed by atoms with E-state index in [1.807, 2.05) is 67.6 Å². The quantitative estimate of drug-likeness (QED) is 0.780. The van der Waals surface area contributed by atoms with Gasteiger partial charge in [-0.1, -0.05) is 60.7 Å². The van der Waals surface area contributed by atoms with E-state index in [4.69, 9.17) is 0 Å². The van der Waals surface area contributed by atoms with E-state index in [2.05, 4.69) is 4.98 Å². The molecule has 1 unspecified atom stereocenters. The average Bonchev–Trinajstić information content (AvgIpc) is 2.90. The predicted molar refractivity (Wildman–Crippen MR) is 82.8 cm³/mol. The topological polar surface area (TPSA) is 33.1 Å². The Kier molecular flexibility index (Phi) is 3.63. The van der Waals surface area contributed by atoms with E-state index in [9.17, 15) is 5.11 Å². The minimum atomic E-state index is -0.655. The summed E-state index contributed by atoms with van der Waals surface area (Å²) < 4.78 is 0. The van der Waals surface area contributed by atoms with E-state index in [1.54, 1.807) is 11.3 Å². The van der Waals surface area contributed by atoms with Crippen molar-refractivity contribution in [3.63, 3.8) is 0 Å². The van der Waals surface area contributed by atoms with Gasteiger partial charge < -0.3 is 5.11 Å². The minimum Gasteiger partial charge on any atom is -0.381 e. The molecule has 0 saturated heterocycles. The minimum absolute atomic E-state index is 0.655. The second-order valence-electron chi connectivity index (χ2n) is 4.64. The lowest BCUT2D eigenvalue weighted by molar-refractivity contribution is 0.220. The van der Waals surface area contributed by atoms with Crippen LogP contribution in [0.3, 0.4) is 0 Å². The molecule has 20 heavy (non-hydrogen) atoms. The monoisotopic (exact) mass is 281 g/mol. The van der Waals surface area contributed by atoms with E-state index in [-0.39, 0.29) is 0 Å². The molecule has 2 nitrogen and oxygen atoms in total. The molecule has 0 saturated carbocycles. The summed E-state index contributed by atoms with van der Waals surface area (Å²) in [6.45, 7) is 2.04. The number of aliphatic hydroxyl groups excluding tert-OH is 1. The van der Waals surface area contributed by atoms with Gasteiger partial charge in [-0.05, 0) is 12.5 Å². The number of hydrogen-bond acceptors (Lipinski definition) is 3. The van der Waals surface area contributed by atoms with Gasteiger partial charge in [-0.2, -0.15) is 0 Å². The molecule has 100 valence electrons. The summed E-state index contributed by atoms with van der Waals surface area (Å²) in [4.78, 5) is 5.75. The first-order valence-corrected chi connectivity index (χ1v) is 7.33. The maximum atomic E-state index is 10.4. The highest BCUT2D eigenvalue weighted by Crippen LogP contribution is 2.32. The van der Waals surface area contributed by atoms with Crippen molar-refractivity contribution in [2.45, 2.75) is 13.0 Å². The largest absolute Gasteiger partial charge is 0.381 e. The third kappa shape index (κ3) is 2.50. The van der Waals surface area contributed by atoms with E-state index in [0.29, 0.717) is 0 Å². The Labute approximate surface area is 122 Å². The number of hydrogen-bond donors (Lipinski definition) is 1. The lowest BCUT2D eigenvalue weighted by Crippen LogP contribution is -1.98. The zero-order valence-electron chi connectivity index (χ0n) is 11.2. The van der Waals surface area contributed by atoms with Crippen molar-refractivity contribution in [3.05, 3.63) is 76.1 Å². The molecular weight excluding hydrogens is 266 g/mol. The van der Waals surface area contributed by atoms with Gasteiger partial charge in [-0.3, -0.25) is 0 Å². The molecule has 1 aromatic heterocycles. The SMILES string of the molecule is Cc1sc(C(O)c2ccccc2)nc1-c1ccccc1. The van der Waals surface area contributed by atoms with Gasteiger partial charge >= 0.3 is 0 Å². The van der Waals surface area contributed by atoms with Crippen LogP contribution in [-0.2, 0) is 0 Å². The van der Waals surface area contributed by atoms with Crippen LogP contribution in [0.15, 0.2) is 60.7 Å². The number of aliphatic hydroxyl groups is 1. The summed E-state index contributed by atoms with van der Waals surface area (Å²) in [6, 6.07) is 19.7. The fourth-order valence-corrected chi connectivity index (χ4v) is 3.13. The first-order valence-electron chi connectivity index (χ1n) is 6.51. The number of thiazole rings is 1. The molecule has 1 N–H and O–H groups in total. The van der Waals surface area contributed by atoms with Crippen molar-refractivity contribution in [2.24, 2.45) is 0 Å². The molecule has 0 amide bonds. The molecule has 0 fully saturated rings. The van der Waals surface area contributed by atoms with E-state index < -0.39 is 6.10 Å². The molecule has 0 radical (unpaired) electrons. The van der Waals surface area contributed by atoms with Gasteiger partial charge in [0, 0.05) is 10.4 Å². The van der Waals surface area contributed by atoms with Gasteiger partial charge in [0.25, 0.3) is 0 Å². The molecule has 3 aromatic rings. The van der Waals surface area contributed by atoms with Crippen LogP contribution >= 0.6 is 11.3 Å². The molecule has 0 aliphatic carbocycles. The number of aryl methyl sites for hydroxylation is 1. The van der Waals surface area contributed by atoms with Gasteiger partial charge in [0.1, 0.15) is 11.1 Å². The predicted octanol–water partition coefficient (Wildman–Crippen LogP) is 4.20. The number of rotatable bonds is 3. The molecule has 0 aliphatic rings. The van der Waals surface area contributed by atoms with Crippen LogP contribution in [0.4, 0.5) is 0 Å². The number of aromatic nitrogens is 1. The van der Waals surface area contributed by atoms with Crippen molar-refractivity contribution in [3.8, 4) is 11.3 Å². The Bertz CT molecular complexity index is 692. The molecule has 3 heteroatoms. The van der Waals surface area contributed by atoms with Crippen molar-refractivity contribution in [2.75, 3.05) is 0 Å². The molecular formula is C17H15NOS. The summed E-state index contributed by atoms with van der Waals surface area (Å²) >= 11 is 1.55. The first-order chi connectivity index (χ1) is 9.75. The Hall–Kier alpha value is -1.97. The Balaban J connectivity index is 1.97. The molecule has 0 aliphatic heterocycles. The standard InChI is InChI=1S/C17H15NOS/c1-12-15(13-8-4-2-5-9-13)18-17(20-12)16(19)14-10-6-3-7-11-14/h2-11,16,19H,1H3. The normalized spacial score (nSPS) is 12.3. The lowest BCUT2D eigenvalue weighted by Gasteiger charge is -2.06. The van der Waals surface area contributed by atoms with Crippen molar-refractivity contribution < 1.29 is 5.11 Å². The van der Waals surface area contributed by atoms with Crippen molar-refractivity contribution in [1.82, 2.24) is 4.98 Å². The highest BCUT2D eigenvalue weighted by molar-refractivity contribution is 7.12. The summed E-state index contributed by atoms with van der Waals surface area (Å²) in [5, 5.41) is 11.2. The smallest absolute Gasteiger partial charge is 0.131 e. The average molecular weight is 281 g/mol. The number of benzene rings is 2. The van der Waals surface area contributed by atoms with Crippen LogP contribution in [0.1, 0.15) is 21.6 Å². The van der Waals surface area contributed by atoms with Crippen molar-refractivity contribution >= 4 is 11.3 Å². The zero-order chi connectivity index (χ0) is 13.9. The van der Waals surface area contributed by atoms with Gasteiger partial charge in [-0.15, -0.1) is 11.3 Å². The van der Waals surface area contributed by atoms with Crippen LogP contribution in [-0.4, -0.2) is 10.1 Å². The summed E-state index contributed by atoms with van der Waals surface area (Å²) in [7, 11) is 0. The van der Waals surface area contributed by atoms with E-state index in [0.717, 1.165) is 26.7 Å². The summed E-state index contributed by atoms with van der Waals surface area (Å²) in [5.41, 5.74) is 2.93. The van der Waals surface area contributed by atoms with Crippen LogP contribution in [0.25, 0.3) is 11.3 Å². The van der Waals surface area contributed by atoms with E-state index >= 15 is 0 Å². The lowest BCUT2D eigenvalue weighted by atomic mass is 10.1. The summed E-state index contributed by atoms with van der Waals surface area (Å²) in [5.74, 6) is 0. The second-order valence-corrected chi connectivity index (χ2v) is 5.87. The van der Waals surface area contributed by atoms with Gasteiger partial charge in [-0.25, -0.2) is 4.98 Å². The molecule has 0 bridgehead atoms. The fraction of sp³-hybridized carbons (Fsp3) is 0.118. The van der Waals surface area contributed by atoms with Crippen LogP contribution in [0.5, 0.6) is 0 Å². The molecule has 1 heterocycles. The maximum absolute atomic E-state index is 10.4. The molecule has 0 spiro atoms. The first kappa shape index (κ1) is 13.0.